The maximum absolute atomic E-state index is 11.9. The van der Waals surface area contributed by atoms with Crippen LogP contribution in [0.2, 0.25) is 0 Å². The summed E-state index contributed by atoms with van der Waals surface area (Å²) in [6.45, 7) is 1.70. The molecule has 8 nitrogen and oxygen atoms in total. The zero-order chi connectivity index (χ0) is 14.5. The van der Waals surface area contributed by atoms with E-state index in [1.807, 2.05) is 0 Å². The molecule has 0 aliphatic heterocycles. The highest BCUT2D eigenvalue weighted by atomic mass is 16.5. The molecule has 2 heterocycles. The van der Waals surface area contributed by atoms with Crippen molar-refractivity contribution in [3.8, 4) is 11.4 Å². The van der Waals surface area contributed by atoms with Crippen LogP contribution in [0.3, 0.4) is 0 Å². The first-order valence-electron chi connectivity index (χ1n) is 5.93. The number of amides is 1. The van der Waals surface area contributed by atoms with Crippen molar-refractivity contribution in [3.05, 3.63) is 30.1 Å². The average Bonchev–Trinajstić information content (AvgIpc) is 2.83. The van der Waals surface area contributed by atoms with Crippen LogP contribution >= 0.6 is 0 Å². The molecule has 104 valence electrons. The minimum absolute atomic E-state index is 0.00630. The smallest absolute Gasteiger partial charge is 0.361 e. The number of hydrogen-bond donors (Lipinski definition) is 1. The Hall–Kier alpha value is -2.77. The van der Waals surface area contributed by atoms with Gasteiger partial charge in [-0.05, 0) is 19.1 Å². The molecule has 0 unspecified atom stereocenters. The number of rotatable bonds is 5. The van der Waals surface area contributed by atoms with Gasteiger partial charge in [0.25, 0.3) is 0 Å². The number of carbonyl (C=O) groups is 2. The Balaban J connectivity index is 2.51. The quantitative estimate of drug-likeness (QED) is 0.768. The fourth-order valence-electron chi connectivity index (χ4n) is 1.66. The Labute approximate surface area is 114 Å². The van der Waals surface area contributed by atoms with Crippen molar-refractivity contribution in [3.63, 3.8) is 0 Å². The summed E-state index contributed by atoms with van der Waals surface area (Å²) >= 11 is 0. The third kappa shape index (κ3) is 2.79. The molecule has 0 aliphatic rings. The van der Waals surface area contributed by atoms with Crippen molar-refractivity contribution in [2.75, 3.05) is 6.61 Å². The first-order valence-corrected chi connectivity index (χ1v) is 5.93. The molecule has 0 aliphatic carbocycles. The van der Waals surface area contributed by atoms with E-state index in [-0.39, 0.29) is 18.8 Å². The number of esters is 1. The van der Waals surface area contributed by atoms with E-state index in [9.17, 15) is 9.59 Å². The maximum atomic E-state index is 11.9. The van der Waals surface area contributed by atoms with Crippen LogP contribution in [0.1, 0.15) is 17.4 Å². The molecule has 0 saturated heterocycles. The molecule has 20 heavy (non-hydrogen) atoms. The van der Waals surface area contributed by atoms with Gasteiger partial charge in [-0.3, -0.25) is 9.78 Å². The molecule has 0 bridgehead atoms. The van der Waals surface area contributed by atoms with Crippen LogP contribution in [-0.2, 0) is 16.1 Å². The zero-order valence-corrected chi connectivity index (χ0v) is 10.8. The van der Waals surface area contributed by atoms with Crippen LogP contribution in [0.4, 0.5) is 0 Å². The number of primary amides is 1. The van der Waals surface area contributed by atoms with Gasteiger partial charge >= 0.3 is 5.97 Å². The van der Waals surface area contributed by atoms with E-state index in [1.54, 1.807) is 31.3 Å². The summed E-state index contributed by atoms with van der Waals surface area (Å²) < 4.78 is 6.14. The number of ether oxygens (including phenoxy) is 1. The average molecular weight is 275 g/mol. The number of carbonyl (C=O) groups excluding carboxylic acids is 2. The monoisotopic (exact) mass is 275 g/mol. The van der Waals surface area contributed by atoms with Gasteiger partial charge in [0, 0.05) is 6.20 Å². The summed E-state index contributed by atoms with van der Waals surface area (Å²) in [4.78, 5) is 27.0. The Morgan fingerprint density at radius 1 is 1.40 bits per heavy atom. The van der Waals surface area contributed by atoms with E-state index in [0.717, 1.165) is 0 Å². The van der Waals surface area contributed by atoms with Gasteiger partial charge in [0.1, 0.15) is 12.2 Å². The lowest BCUT2D eigenvalue weighted by atomic mass is 10.2. The van der Waals surface area contributed by atoms with E-state index in [0.29, 0.717) is 11.4 Å². The van der Waals surface area contributed by atoms with Crippen molar-refractivity contribution in [1.82, 2.24) is 20.0 Å². The van der Waals surface area contributed by atoms with E-state index in [1.165, 1.54) is 4.68 Å². The molecule has 0 atom stereocenters. The van der Waals surface area contributed by atoms with Gasteiger partial charge in [-0.2, -0.15) is 0 Å². The Morgan fingerprint density at radius 3 is 2.80 bits per heavy atom. The Morgan fingerprint density at radius 2 is 2.20 bits per heavy atom. The van der Waals surface area contributed by atoms with Crippen LogP contribution in [0.15, 0.2) is 24.4 Å². The van der Waals surface area contributed by atoms with Gasteiger partial charge < -0.3 is 10.5 Å². The molecule has 2 N–H and O–H groups in total. The number of aromatic nitrogens is 4. The van der Waals surface area contributed by atoms with Crippen LogP contribution < -0.4 is 5.73 Å². The van der Waals surface area contributed by atoms with Gasteiger partial charge in [-0.25, -0.2) is 9.48 Å². The van der Waals surface area contributed by atoms with E-state index < -0.39 is 11.9 Å². The lowest BCUT2D eigenvalue weighted by Gasteiger charge is -2.05. The van der Waals surface area contributed by atoms with Crippen molar-refractivity contribution in [2.45, 2.75) is 13.5 Å². The van der Waals surface area contributed by atoms with E-state index >= 15 is 0 Å². The van der Waals surface area contributed by atoms with Gasteiger partial charge in [0.05, 0.1) is 12.3 Å². The van der Waals surface area contributed by atoms with Gasteiger partial charge in [0.15, 0.2) is 5.69 Å². The second-order valence-electron chi connectivity index (χ2n) is 3.85. The molecule has 2 rings (SSSR count). The lowest BCUT2D eigenvalue weighted by molar-refractivity contribution is -0.118. The molecule has 2 aromatic rings. The molecule has 0 saturated carbocycles. The largest absolute Gasteiger partial charge is 0.461 e. The number of hydrogen-bond acceptors (Lipinski definition) is 6. The fraction of sp³-hybridized carbons (Fsp3) is 0.250. The van der Waals surface area contributed by atoms with Crippen LogP contribution in [0, 0.1) is 0 Å². The van der Waals surface area contributed by atoms with Gasteiger partial charge in [-0.15, -0.1) is 5.10 Å². The van der Waals surface area contributed by atoms with Crippen LogP contribution in [0.25, 0.3) is 11.4 Å². The molecule has 2 aromatic heterocycles. The van der Waals surface area contributed by atoms with Crippen molar-refractivity contribution < 1.29 is 14.3 Å². The van der Waals surface area contributed by atoms with Crippen molar-refractivity contribution in [1.29, 1.82) is 0 Å². The number of nitrogens with two attached hydrogens (primary N) is 1. The highest BCUT2D eigenvalue weighted by Crippen LogP contribution is 2.20. The highest BCUT2D eigenvalue weighted by molar-refractivity contribution is 5.93. The SMILES string of the molecule is CCOC(=O)c1nnn(CC(N)=O)c1-c1ccccn1. The van der Waals surface area contributed by atoms with E-state index in [4.69, 9.17) is 10.5 Å². The number of nitrogens with zero attached hydrogens (tertiary/aromatic N) is 4. The first-order chi connectivity index (χ1) is 9.63. The minimum atomic E-state index is -0.621. The molecule has 0 fully saturated rings. The maximum Gasteiger partial charge on any atom is 0.361 e. The summed E-state index contributed by atoms with van der Waals surface area (Å²) in [5.41, 5.74) is 5.93. The minimum Gasteiger partial charge on any atom is -0.461 e. The molecule has 8 heteroatoms. The van der Waals surface area contributed by atoms with Crippen LogP contribution in [0.5, 0.6) is 0 Å². The molecule has 0 radical (unpaired) electrons. The van der Waals surface area contributed by atoms with Crippen LogP contribution in [-0.4, -0.2) is 38.5 Å². The third-order valence-corrected chi connectivity index (χ3v) is 2.42. The summed E-state index contributed by atoms with van der Waals surface area (Å²) in [7, 11) is 0. The lowest BCUT2D eigenvalue weighted by Crippen LogP contribution is -2.20. The fourth-order valence-corrected chi connectivity index (χ4v) is 1.66. The van der Waals surface area contributed by atoms with Crippen molar-refractivity contribution in [2.24, 2.45) is 5.73 Å². The Kier molecular flexibility index (Phi) is 4.04. The normalized spacial score (nSPS) is 10.2. The predicted molar refractivity (Wildman–Crippen MR) is 68.4 cm³/mol. The second kappa shape index (κ2) is 5.91. The Bertz CT molecular complexity index is 623. The topological polar surface area (TPSA) is 113 Å². The highest BCUT2D eigenvalue weighted by Gasteiger charge is 2.23. The molecule has 0 aromatic carbocycles. The standard InChI is InChI=1S/C12H13N5O3/c1-2-20-12(19)10-11(8-5-3-4-6-14-8)17(16-15-10)7-9(13)18/h3-6H,2,7H2,1H3,(H2,13,18). The second-order valence-corrected chi connectivity index (χ2v) is 3.85. The molecule has 1 amide bonds. The van der Waals surface area contributed by atoms with E-state index in [2.05, 4.69) is 15.3 Å². The molecule has 0 spiro atoms. The molecular formula is C12H13N5O3. The number of pyridine rings is 1. The zero-order valence-electron chi connectivity index (χ0n) is 10.8. The van der Waals surface area contributed by atoms with Gasteiger partial charge in [-0.1, -0.05) is 11.3 Å². The third-order valence-electron chi connectivity index (χ3n) is 2.42. The van der Waals surface area contributed by atoms with Crippen molar-refractivity contribution >= 4 is 11.9 Å². The summed E-state index contributed by atoms with van der Waals surface area (Å²) in [5, 5.41) is 7.52. The summed E-state index contributed by atoms with van der Waals surface area (Å²) in [5.74, 6) is -1.22. The summed E-state index contributed by atoms with van der Waals surface area (Å²) in [6.07, 6.45) is 1.56. The summed E-state index contributed by atoms with van der Waals surface area (Å²) in [6, 6.07) is 5.16. The first kappa shape index (κ1) is 13.7. The molecular weight excluding hydrogens is 262 g/mol. The predicted octanol–water partition coefficient (Wildman–Crippen LogP) is 0.00210. The van der Waals surface area contributed by atoms with Gasteiger partial charge in [0.2, 0.25) is 5.91 Å².